The molecule has 0 bridgehead atoms. The Morgan fingerprint density at radius 2 is 1.48 bits per heavy atom. The van der Waals surface area contributed by atoms with Gasteiger partial charge < -0.3 is 0 Å². The summed E-state index contributed by atoms with van der Waals surface area (Å²) in [6, 6.07) is 28.2. The molecule has 0 unspecified atom stereocenters. The number of para-hydroxylation sites is 2. The Morgan fingerprint density at radius 3 is 2.28 bits per heavy atom. The molecule has 0 saturated carbocycles. The maximum absolute atomic E-state index is 2.37. The number of imidazole rings is 1. The lowest BCUT2D eigenvalue weighted by Gasteiger charge is -2.00. The summed E-state index contributed by atoms with van der Waals surface area (Å²) in [4.78, 5) is 0. The van der Waals surface area contributed by atoms with Crippen molar-refractivity contribution in [3.05, 3.63) is 102 Å². The second-order valence-electron chi connectivity index (χ2n) is 6.65. The van der Waals surface area contributed by atoms with E-state index in [0.29, 0.717) is 0 Å². The van der Waals surface area contributed by atoms with Crippen molar-refractivity contribution in [2.45, 2.75) is 26.4 Å². The second-order valence-corrected chi connectivity index (χ2v) is 6.65. The van der Waals surface area contributed by atoms with E-state index >= 15 is 0 Å². The molecule has 2 nitrogen and oxygen atoms in total. The third-order valence-corrected chi connectivity index (χ3v) is 4.74. The third-order valence-electron chi connectivity index (χ3n) is 4.74. The molecule has 4 rings (SSSR count). The summed E-state index contributed by atoms with van der Waals surface area (Å²) in [7, 11) is 0. The minimum atomic E-state index is 0.902. The van der Waals surface area contributed by atoms with Gasteiger partial charge >= 0.3 is 0 Å². The first-order valence-corrected chi connectivity index (χ1v) is 8.86. The van der Waals surface area contributed by atoms with Gasteiger partial charge in [-0.15, -0.1) is 0 Å². The number of benzene rings is 3. The predicted molar refractivity (Wildman–Crippen MR) is 103 cm³/mol. The predicted octanol–water partition coefficient (Wildman–Crippen LogP) is 4.53. The summed E-state index contributed by atoms with van der Waals surface area (Å²) in [5.74, 6) is 0. The topological polar surface area (TPSA) is 8.81 Å². The number of rotatable bonds is 5. The van der Waals surface area contributed by atoms with Crippen LogP contribution < -0.4 is 4.57 Å². The van der Waals surface area contributed by atoms with Crippen molar-refractivity contribution in [1.82, 2.24) is 4.57 Å². The van der Waals surface area contributed by atoms with Crippen LogP contribution in [0, 0.1) is 6.92 Å². The first-order valence-electron chi connectivity index (χ1n) is 8.86. The Hall–Kier alpha value is -2.87. The van der Waals surface area contributed by atoms with Crippen molar-refractivity contribution in [3.63, 3.8) is 0 Å². The number of hydrogen-bond acceptors (Lipinski definition) is 0. The van der Waals surface area contributed by atoms with Crippen molar-refractivity contribution in [2.75, 3.05) is 0 Å². The molecule has 0 radical (unpaired) electrons. The average Bonchev–Trinajstić information content (AvgIpc) is 3.01. The molecule has 0 aliphatic carbocycles. The number of aromatic nitrogens is 2. The lowest BCUT2D eigenvalue weighted by Crippen LogP contribution is -2.32. The van der Waals surface area contributed by atoms with Gasteiger partial charge in [0.2, 0.25) is 6.33 Å². The zero-order chi connectivity index (χ0) is 17.1. The molecule has 0 amide bonds. The first-order chi connectivity index (χ1) is 12.3. The molecule has 0 spiro atoms. The SMILES string of the molecule is Cc1ccc(C[n+]2cn(CCc3ccccc3)c3ccccc32)cc1. The molecule has 0 aliphatic rings. The number of hydrogen-bond donors (Lipinski definition) is 0. The molecule has 0 fully saturated rings. The van der Waals surface area contributed by atoms with Crippen LogP contribution in [0.2, 0.25) is 0 Å². The highest BCUT2D eigenvalue weighted by Gasteiger charge is 2.15. The summed E-state index contributed by atoms with van der Waals surface area (Å²) in [6.07, 6.45) is 3.30. The van der Waals surface area contributed by atoms with E-state index in [1.165, 1.54) is 27.7 Å². The van der Waals surface area contributed by atoms with Crippen molar-refractivity contribution >= 4 is 11.0 Å². The van der Waals surface area contributed by atoms with Gasteiger partial charge in [0.25, 0.3) is 0 Å². The third kappa shape index (κ3) is 3.48. The summed E-state index contributed by atoms with van der Waals surface area (Å²) < 4.78 is 4.72. The van der Waals surface area contributed by atoms with E-state index in [1.54, 1.807) is 0 Å². The fourth-order valence-electron chi connectivity index (χ4n) is 3.33. The highest BCUT2D eigenvalue weighted by atomic mass is 15.1. The largest absolute Gasteiger partial charge is 0.245 e. The monoisotopic (exact) mass is 327 g/mol. The summed E-state index contributed by atoms with van der Waals surface area (Å²) in [5.41, 5.74) is 6.60. The van der Waals surface area contributed by atoms with Crippen LogP contribution in [-0.2, 0) is 19.5 Å². The molecule has 0 atom stereocenters. The quantitative estimate of drug-likeness (QED) is 0.476. The fourth-order valence-corrected chi connectivity index (χ4v) is 3.33. The average molecular weight is 327 g/mol. The molecule has 3 aromatic carbocycles. The van der Waals surface area contributed by atoms with Crippen molar-refractivity contribution < 1.29 is 4.57 Å². The minimum Gasteiger partial charge on any atom is -0.230 e. The highest BCUT2D eigenvalue weighted by Crippen LogP contribution is 2.13. The molecule has 1 heterocycles. The highest BCUT2D eigenvalue weighted by molar-refractivity contribution is 5.71. The van der Waals surface area contributed by atoms with Crippen LogP contribution in [0.25, 0.3) is 11.0 Å². The van der Waals surface area contributed by atoms with E-state index in [4.69, 9.17) is 0 Å². The van der Waals surface area contributed by atoms with E-state index < -0.39 is 0 Å². The zero-order valence-corrected chi connectivity index (χ0v) is 14.6. The minimum absolute atomic E-state index is 0.902. The lowest BCUT2D eigenvalue weighted by atomic mass is 10.1. The van der Waals surface area contributed by atoms with Gasteiger partial charge in [0.05, 0.1) is 6.54 Å². The maximum Gasteiger partial charge on any atom is 0.245 e. The Morgan fingerprint density at radius 1 is 0.760 bits per heavy atom. The fraction of sp³-hybridized carbons (Fsp3) is 0.174. The Labute approximate surface area is 149 Å². The normalized spacial score (nSPS) is 11.1. The molecule has 0 saturated heterocycles. The van der Waals surface area contributed by atoms with Crippen LogP contribution in [-0.4, -0.2) is 4.57 Å². The Kier molecular flexibility index (Phi) is 4.34. The molecular formula is C23H23N2+. The van der Waals surface area contributed by atoms with Crippen LogP contribution in [0.5, 0.6) is 0 Å². The van der Waals surface area contributed by atoms with Crippen LogP contribution in [0.15, 0.2) is 85.2 Å². The Balaban J connectivity index is 1.63. The van der Waals surface area contributed by atoms with Crippen LogP contribution in [0.1, 0.15) is 16.7 Å². The molecule has 1 aromatic heterocycles. The Bertz CT molecular complexity index is 966. The molecular weight excluding hydrogens is 304 g/mol. The van der Waals surface area contributed by atoms with Gasteiger partial charge in [-0.2, -0.15) is 0 Å². The van der Waals surface area contributed by atoms with Gasteiger partial charge in [-0.25, -0.2) is 9.13 Å². The van der Waals surface area contributed by atoms with E-state index in [0.717, 1.165) is 19.5 Å². The van der Waals surface area contributed by atoms with E-state index in [1.807, 2.05) is 0 Å². The van der Waals surface area contributed by atoms with Crippen LogP contribution in [0.4, 0.5) is 0 Å². The van der Waals surface area contributed by atoms with Crippen LogP contribution in [0.3, 0.4) is 0 Å². The van der Waals surface area contributed by atoms with Crippen molar-refractivity contribution in [2.24, 2.45) is 0 Å². The molecule has 124 valence electrons. The van der Waals surface area contributed by atoms with E-state index in [2.05, 4.69) is 101 Å². The van der Waals surface area contributed by atoms with E-state index in [-0.39, 0.29) is 0 Å². The summed E-state index contributed by atoms with van der Waals surface area (Å²) >= 11 is 0. The number of aryl methyl sites for hydroxylation is 3. The van der Waals surface area contributed by atoms with Gasteiger partial charge in [0.1, 0.15) is 6.54 Å². The number of nitrogens with zero attached hydrogens (tertiary/aromatic N) is 2. The van der Waals surface area contributed by atoms with Crippen molar-refractivity contribution in [3.8, 4) is 0 Å². The van der Waals surface area contributed by atoms with Gasteiger partial charge in [-0.1, -0.05) is 72.3 Å². The first kappa shape index (κ1) is 15.6. The second kappa shape index (κ2) is 6.94. The summed E-state index contributed by atoms with van der Waals surface area (Å²) in [6.45, 7) is 4.02. The number of fused-ring (bicyclic) bond motifs is 1. The molecule has 0 aliphatic heterocycles. The smallest absolute Gasteiger partial charge is 0.230 e. The van der Waals surface area contributed by atoms with E-state index in [9.17, 15) is 0 Å². The van der Waals surface area contributed by atoms with Crippen molar-refractivity contribution in [1.29, 1.82) is 0 Å². The standard InChI is InChI=1S/C23H23N2/c1-19-11-13-21(14-12-19)17-25-18-24(22-9-5-6-10-23(22)25)16-15-20-7-3-2-4-8-20/h2-14,18H,15-17H2,1H3/q+1. The molecule has 0 N–H and O–H groups in total. The van der Waals surface area contributed by atoms with Gasteiger partial charge in [0, 0.05) is 6.42 Å². The lowest BCUT2D eigenvalue weighted by molar-refractivity contribution is -0.663. The van der Waals surface area contributed by atoms with Gasteiger partial charge in [-0.3, -0.25) is 0 Å². The molecule has 2 heteroatoms. The van der Waals surface area contributed by atoms with Gasteiger partial charge in [0.15, 0.2) is 11.0 Å². The summed E-state index contributed by atoms with van der Waals surface area (Å²) in [5, 5.41) is 0. The van der Waals surface area contributed by atoms with Crippen LogP contribution >= 0.6 is 0 Å². The molecule has 4 aromatic rings. The molecule has 25 heavy (non-hydrogen) atoms. The maximum atomic E-state index is 2.37. The van der Waals surface area contributed by atoms with Gasteiger partial charge in [-0.05, 0) is 30.2 Å². The zero-order valence-electron chi connectivity index (χ0n) is 14.6.